The molecule has 0 aromatic heterocycles. The first-order chi connectivity index (χ1) is 17.3. The number of methoxy groups -OCH3 is 1. The van der Waals surface area contributed by atoms with E-state index < -0.39 is 6.29 Å². The minimum absolute atomic E-state index is 0.0123. The summed E-state index contributed by atoms with van der Waals surface area (Å²) in [5.41, 5.74) is 7.59. The molecule has 3 aliphatic heterocycles. The Morgan fingerprint density at radius 3 is 2.86 bits per heavy atom. The molecule has 3 atom stereocenters. The van der Waals surface area contributed by atoms with E-state index >= 15 is 0 Å². The SMILES string of the molecule is COc1cc2c(cc1Cl)N([C@@H]1CCCCN(C(=O)/C=C/CN)C1)C(N(N)C(=O)C1=CC(C)NC=C1)N2. The highest BCUT2D eigenvalue weighted by Crippen LogP contribution is 2.44. The maximum Gasteiger partial charge on any atom is 0.270 e. The number of benzene rings is 1. The number of carbonyl (C=O) groups is 2. The summed E-state index contributed by atoms with van der Waals surface area (Å²) in [4.78, 5) is 30.1. The van der Waals surface area contributed by atoms with E-state index in [-0.39, 0.29) is 23.9 Å². The van der Waals surface area contributed by atoms with Crippen molar-refractivity contribution in [3.05, 3.63) is 53.2 Å². The fourth-order valence-corrected chi connectivity index (χ4v) is 5.09. The van der Waals surface area contributed by atoms with E-state index in [1.807, 2.05) is 24.0 Å². The van der Waals surface area contributed by atoms with Crippen LogP contribution in [0.3, 0.4) is 0 Å². The molecule has 0 spiro atoms. The van der Waals surface area contributed by atoms with Crippen LogP contribution in [0.25, 0.3) is 0 Å². The van der Waals surface area contributed by atoms with Gasteiger partial charge in [-0.05, 0) is 50.6 Å². The number of fused-ring (bicyclic) bond motifs is 1. The van der Waals surface area contributed by atoms with Crippen LogP contribution < -0.4 is 31.8 Å². The van der Waals surface area contributed by atoms with E-state index in [9.17, 15) is 9.59 Å². The number of nitrogens with one attached hydrogen (secondary N) is 2. The van der Waals surface area contributed by atoms with Crippen LogP contribution in [-0.4, -0.2) is 66.8 Å². The average molecular weight is 516 g/mol. The number of hydrogen-bond acceptors (Lipinski definition) is 8. The van der Waals surface area contributed by atoms with E-state index in [1.54, 1.807) is 31.5 Å². The molecule has 10 nitrogen and oxygen atoms in total. The van der Waals surface area contributed by atoms with Gasteiger partial charge in [0.1, 0.15) is 5.75 Å². The Morgan fingerprint density at radius 1 is 1.33 bits per heavy atom. The fraction of sp³-hybridized carbons (Fsp3) is 0.440. The molecule has 1 aromatic carbocycles. The molecule has 1 aromatic rings. The van der Waals surface area contributed by atoms with Crippen molar-refractivity contribution in [2.75, 3.05) is 37.0 Å². The van der Waals surface area contributed by atoms with E-state index in [0.29, 0.717) is 36.0 Å². The summed E-state index contributed by atoms with van der Waals surface area (Å²) in [7, 11) is 1.55. The summed E-state index contributed by atoms with van der Waals surface area (Å²) < 4.78 is 5.41. The molecule has 3 aliphatic rings. The first-order valence-electron chi connectivity index (χ1n) is 12.1. The summed E-state index contributed by atoms with van der Waals surface area (Å²) in [6.07, 6.45) is 10.4. The highest BCUT2D eigenvalue weighted by molar-refractivity contribution is 6.32. The summed E-state index contributed by atoms with van der Waals surface area (Å²) in [5.74, 6) is 6.61. The third-order valence-corrected chi connectivity index (χ3v) is 6.94. The number of ether oxygens (including phenoxy) is 1. The van der Waals surface area contributed by atoms with Crippen LogP contribution in [0.2, 0.25) is 5.02 Å². The second-order valence-electron chi connectivity index (χ2n) is 9.12. The van der Waals surface area contributed by atoms with Gasteiger partial charge in [-0.1, -0.05) is 17.7 Å². The predicted octanol–water partition coefficient (Wildman–Crippen LogP) is 1.89. The first kappa shape index (κ1) is 25.9. The van der Waals surface area contributed by atoms with Crippen molar-refractivity contribution in [1.82, 2.24) is 15.2 Å². The van der Waals surface area contributed by atoms with E-state index in [0.717, 1.165) is 30.6 Å². The van der Waals surface area contributed by atoms with Gasteiger partial charge >= 0.3 is 0 Å². The van der Waals surface area contributed by atoms with Crippen molar-refractivity contribution in [2.45, 2.75) is 44.6 Å². The van der Waals surface area contributed by atoms with Crippen LogP contribution in [0.5, 0.6) is 5.75 Å². The zero-order valence-electron chi connectivity index (χ0n) is 20.6. The molecule has 0 aliphatic carbocycles. The molecule has 2 unspecified atom stereocenters. The Hall–Kier alpha value is -3.21. The van der Waals surface area contributed by atoms with Gasteiger partial charge in [-0.3, -0.25) is 9.59 Å². The van der Waals surface area contributed by atoms with Crippen molar-refractivity contribution in [3.8, 4) is 5.75 Å². The number of rotatable bonds is 6. The minimum atomic E-state index is -0.685. The number of nitrogens with two attached hydrogens (primary N) is 2. The number of anilines is 2. The minimum Gasteiger partial charge on any atom is -0.495 e. The molecule has 0 saturated carbocycles. The number of amides is 2. The number of nitrogens with zero attached hydrogens (tertiary/aromatic N) is 3. The van der Waals surface area contributed by atoms with Gasteiger partial charge in [0.2, 0.25) is 5.91 Å². The molecule has 36 heavy (non-hydrogen) atoms. The Kier molecular flexibility index (Phi) is 8.07. The second kappa shape index (κ2) is 11.2. The van der Waals surface area contributed by atoms with Crippen molar-refractivity contribution in [2.24, 2.45) is 11.6 Å². The third-order valence-electron chi connectivity index (χ3n) is 6.64. The molecule has 0 radical (unpaired) electrons. The highest BCUT2D eigenvalue weighted by atomic mass is 35.5. The number of hydrogen-bond donors (Lipinski definition) is 4. The van der Waals surface area contributed by atoms with E-state index in [1.165, 1.54) is 11.1 Å². The van der Waals surface area contributed by atoms with Gasteiger partial charge in [0.25, 0.3) is 5.91 Å². The molecule has 194 valence electrons. The van der Waals surface area contributed by atoms with E-state index in [4.69, 9.17) is 27.9 Å². The quantitative estimate of drug-likeness (QED) is 0.196. The van der Waals surface area contributed by atoms with Crippen LogP contribution in [0.4, 0.5) is 11.4 Å². The van der Waals surface area contributed by atoms with Crippen molar-refractivity contribution in [1.29, 1.82) is 0 Å². The molecule has 11 heteroatoms. The lowest BCUT2D eigenvalue weighted by Crippen LogP contribution is -2.60. The van der Waals surface area contributed by atoms with Crippen LogP contribution in [0, 0.1) is 0 Å². The molecule has 2 amide bonds. The molecule has 3 heterocycles. The van der Waals surface area contributed by atoms with Crippen LogP contribution in [0.1, 0.15) is 26.2 Å². The normalized spacial score (nSPS) is 23.5. The molecular weight excluding hydrogens is 482 g/mol. The molecule has 4 rings (SSSR count). The second-order valence-corrected chi connectivity index (χ2v) is 9.53. The summed E-state index contributed by atoms with van der Waals surface area (Å²) in [6, 6.07) is 3.52. The maximum absolute atomic E-state index is 13.4. The topological polar surface area (TPSA) is 129 Å². The lowest BCUT2D eigenvalue weighted by Gasteiger charge is -2.39. The lowest BCUT2D eigenvalue weighted by atomic mass is 10.1. The molecule has 6 N–H and O–H groups in total. The third kappa shape index (κ3) is 5.30. The zero-order valence-corrected chi connectivity index (χ0v) is 21.4. The number of dihydropyridines is 1. The van der Waals surface area contributed by atoms with Gasteiger partial charge < -0.3 is 30.9 Å². The van der Waals surface area contributed by atoms with Crippen LogP contribution in [0.15, 0.2) is 48.2 Å². The van der Waals surface area contributed by atoms with Gasteiger partial charge in [0, 0.05) is 43.4 Å². The first-order valence-corrected chi connectivity index (χ1v) is 12.5. The van der Waals surface area contributed by atoms with Gasteiger partial charge in [-0.25, -0.2) is 10.9 Å². The Labute approximate surface area is 216 Å². The number of likely N-dealkylation sites (tertiary alicyclic amines) is 1. The predicted molar refractivity (Wildman–Crippen MR) is 141 cm³/mol. The standard InChI is InChI=1S/C25H34ClN7O3/c1-16-12-17(8-10-29-16)24(35)33(28)25-30-20-14-22(36-2)19(26)13-21(20)32(25)18-6-3-4-11-31(15-18)23(34)7-5-9-27/h5,7-8,10,12-14,16,18,25,29-30H,3-4,6,9,11,15,27-28H2,1-2H3/b7-5+/t16?,18-,25?/m1/s1. The summed E-state index contributed by atoms with van der Waals surface area (Å²) >= 11 is 6.51. The van der Waals surface area contributed by atoms with Gasteiger partial charge in [-0.2, -0.15) is 0 Å². The molecular formula is C25H34ClN7O3. The number of halogens is 1. The largest absolute Gasteiger partial charge is 0.495 e. The molecule has 1 fully saturated rings. The van der Waals surface area contributed by atoms with Crippen molar-refractivity contribution < 1.29 is 14.3 Å². The molecule has 0 bridgehead atoms. The van der Waals surface area contributed by atoms with Crippen LogP contribution >= 0.6 is 11.6 Å². The lowest BCUT2D eigenvalue weighted by molar-refractivity contribution is -0.129. The number of carbonyl (C=O) groups excluding carboxylic acids is 2. The smallest absolute Gasteiger partial charge is 0.270 e. The average Bonchev–Trinajstić information content (AvgIpc) is 3.06. The van der Waals surface area contributed by atoms with Crippen molar-refractivity contribution in [3.63, 3.8) is 0 Å². The van der Waals surface area contributed by atoms with E-state index in [2.05, 4.69) is 15.5 Å². The van der Waals surface area contributed by atoms with Gasteiger partial charge in [0.05, 0.1) is 29.5 Å². The Balaban J connectivity index is 1.69. The number of hydrazine groups is 1. The summed E-state index contributed by atoms with van der Waals surface area (Å²) in [5, 5.41) is 8.17. The van der Waals surface area contributed by atoms with Gasteiger partial charge in [-0.15, -0.1) is 0 Å². The molecule has 1 saturated heterocycles. The van der Waals surface area contributed by atoms with Gasteiger partial charge in [0.15, 0.2) is 6.29 Å². The Morgan fingerprint density at radius 2 is 2.14 bits per heavy atom. The van der Waals surface area contributed by atoms with Crippen LogP contribution in [-0.2, 0) is 9.59 Å². The monoisotopic (exact) mass is 515 g/mol. The highest BCUT2D eigenvalue weighted by Gasteiger charge is 2.41. The zero-order chi connectivity index (χ0) is 25.8. The summed E-state index contributed by atoms with van der Waals surface area (Å²) in [6.45, 7) is 3.39. The fourth-order valence-electron chi connectivity index (χ4n) is 4.86. The Bertz CT molecular complexity index is 1090. The maximum atomic E-state index is 13.4. The van der Waals surface area contributed by atoms with Crippen molar-refractivity contribution >= 4 is 34.8 Å².